The largest absolute Gasteiger partial charge is 0.356 e. The van der Waals surface area contributed by atoms with E-state index in [0.29, 0.717) is 0 Å². The highest BCUT2D eigenvalue weighted by Crippen LogP contribution is 2.41. The minimum Gasteiger partial charge on any atom is -0.356 e. The zero-order valence-electron chi connectivity index (χ0n) is 12.5. The van der Waals surface area contributed by atoms with Gasteiger partial charge in [0.15, 0.2) is 5.79 Å². The van der Waals surface area contributed by atoms with Crippen LogP contribution in [0.5, 0.6) is 0 Å². The first-order valence-corrected chi connectivity index (χ1v) is 8.94. The van der Waals surface area contributed by atoms with Crippen LogP contribution in [0.3, 0.4) is 0 Å². The van der Waals surface area contributed by atoms with Gasteiger partial charge in [-0.3, -0.25) is 0 Å². The normalized spacial score (nSPS) is 23.5. The zero-order chi connectivity index (χ0) is 14.6. The lowest BCUT2D eigenvalue weighted by Gasteiger charge is -2.38. The third kappa shape index (κ3) is 1.90. The van der Waals surface area contributed by atoms with Crippen LogP contribution in [0.25, 0.3) is 10.2 Å². The molecule has 0 aromatic carbocycles. The molecule has 2 aromatic heterocycles. The smallest absolute Gasteiger partial charge is 0.171 e. The summed E-state index contributed by atoms with van der Waals surface area (Å²) in [6, 6.07) is 0. The van der Waals surface area contributed by atoms with Crippen LogP contribution in [0.2, 0.25) is 0 Å². The molecule has 0 amide bonds. The lowest BCUT2D eigenvalue weighted by atomic mass is 10.0. The van der Waals surface area contributed by atoms with E-state index in [1.165, 1.54) is 35.1 Å². The van der Waals surface area contributed by atoms with Crippen molar-refractivity contribution in [3.05, 3.63) is 16.8 Å². The summed E-state index contributed by atoms with van der Waals surface area (Å²) >= 11 is 1.86. The Balaban J connectivity index is 1.49. The summed E-state index contributed by atoms with van der Waals surface area (Å²) in [6.07, 6.45) is 7.22. The minimum atomic E-state index is -0.320. The Kier molecular flexibility index (Phi) is 2.93. The van der Waals surface area contributed by atoms with Crippen molar-refractivity contribution in [1.29, 1.82) is 0 Å². The van der Waals surface area contributed by atoms with Crippen molar-refractivity contribution < 1.29 is 9.47 Å². The fourth-order valence-electron chi connectivity index (χ4n) is 4.00. The molecule has 3 aliphatic rings. The van der Waals surface area contributed by atoms with Crippen molar-refractivity contribution in [2.45, 2.75) is 37.9 Å². The van der Waals surface area contributed by atoms with Gasteiger partial charge in [0.1, 0.15) is 17.0 Å². The molecule has 0 bridgehead atoms. The molecule has 4 heterocycles. The summed E-state index contributed by atoms with van der Waals surface area (Å²) in [5.74, 6) is 0.802. The summed E-state index contributed by atoms with van der Waals surface area (Å²) in [5, 5.41) is 1.31. The molecular formula is C16H19N3O2S. The zero-order valence-corrected chi connectivity index (χ0v) is 13.3. The standard InChI is InChI=1S/C16H19N3O2S/c1-2-11-12(3-1)22-15-13(11)14(17-10-18-15)19-6-4-16(5-7-19)20-8-9-21-16/h10H,1-9H2. The Morgan fingerprint density at radius 2 is 1.91 bits per heavy atom. The third-order valence-electron chi connectivity index (χ3n) is 5.12. The van der Waals surface area contributed by atoms with Crippen molar-refractivity contribution in [3.8, 4) is 0 Å². The van der Waals surface area contributed by atoms with Gasteiger partial charge in [-0.15, -0.1) is 11.3 Å². The first-order chi connectivity index (χ1) is 10.8. The number of ether oxygens (including phenoxy) is 2. The molecule has 0 atom stereocenters. The van der Waals surface area contributed by atoms with E-state index < -0.39 is 0 Å². The summed E-state index contributed by atoms with van der Waals surface area (Å²) < 4.78 is 11.7. The molecule has 0 N–H and O–H groups in total. The van der Waals surface area contributed by atoms with Gasteiger partial charge in [-0.2, -0.15) is 0 Å². The topological polar surface area (TPSA) is 47.5 Å². The summed E-state index contributed by atoms with van der Waals surface area (Å²) in [4.78, 5) is 14.2. The molecule has 5 rings (SSSR count). The highest BCUT2D eigenvalue weighted by Gasteiger charge is 2.40. The average molecular weight is 317 g/mol. The molecule has 6 heteroatoms. The molecule has 0 radical (unpaired) electrons. The van der Waals surface area contributed by atoms with Crippen LogP contribution < -0.4 is 4.90 Å². The van der Waals surface area contributed by atoms with Crippen LogP contribution in [0.1, 0.15) is 29.7 Å². The summed E-state index contributed by atoms with van der Waals surface area (Å²) in [7, 11) is 0. The molecular weight excluding hydrogens is 298 g/mol. The van der Waals surface area contributed by atoms with E-state index in [1.807, 2.05) is 11.3 Å². The Hall–Kier alpha value is -1.24. The van der Waals surface area contributed by atoms with E-state index in [-0.39, 0.29) is 5.79 Å². The van der Waals surface area contributed by atoms with Gasteiger partial charge in [0.05, 0.1) is 18.6 Å². The predicted molar refractivity (Wildman–Crippen MR) is 85.5 cm³/mol. The molecule has 2 aliphatic heterocycles. The number of rotatable bonds is 1. The predicted octanol–water partition coefficient (Wildman–Crippen LogP) is 2.52. The molecule has 22 heavy (non-hydrogen) atoms. The SMILES string of the molecule is c1nc(N2CCC3(CC2)OCCO3)c2c3c(sc2n1)CCC3. The van der Waals surface area contributed by atoms with E-state index in [2.05, 4.69) is 14.9 Å². The van der Waals surface area contributed by atoms with Crippen molar-refractivity contribution in [2.75, 3.05) is 31.2 Å². The third-order valence-corrected chi connectivity index (χ3v) is 6.32. The Morgan fingerprint density at radius 1 is 1.09 bits per heavy atom. The fraction of sp³-hybridized carbons (Fsp3) is 0.625. The second kappa shape index (κ2) is 4.88. The molecule has 2 fully saturated rings. The number of thiophene rings is 1. The van der Waals surface area contributed by atoms with Gasteiger partial charge in [-0.1, -0.05) is 0 Å². The number of hydrogen-bond acceptors (Lipinski definition) is 6. The Morgan fingerprint density at radius 3 is 2.73 bits per heavy atom. The monoisotopic (exact) mass is 317 g/mol. The number of hydrogen-bond donors (Lipinski definition) is 0. The highest BCUT2D eigenvalue weighted by molar-refractivity contribution is 7.19. The molecule has 116 valence electrons. The lowest BCUT2D eigenvalue weighted by molar-refractivity contribution is -0.169. The van der Waals surface area contributed by atoms with Gasteiger partial charge in [-0.05, 0) is 24.8 Å². The average Bonchev–Trinajstić information content (AvgIpc) is 3.23. The lowest BCUT2D eigenvalue weighted by Crippen LogP contribution is -2.45. The Labute approximate surface area is 133 Å². The van der Waals surface area contributed by atoms with Crippen molar-refractivity contribution in [2.24, 2.45) is 0 Å². The maximum atomic E-state index is 5.83. The maximum absolute atomic E-state index is 5.83. The first kappa shape index (κ1) is 13.2. The van der Waals surface area contributed by atoms with Gasteiger partial charge in [0, 0.05) is 30.8 Å². The van der Waals surface area contributed by atoms with Gasteiger partial charge in [0.2, 0.25) is 0 Å². The van der Waals surface area contributed by atoms with Crippen molar-refractivity contribution in [1.82, 2.24) is 9.97 Å². The van der Waals surface area contributed by atoms with Gasteiger partial charge < -0.3 is 14.4 Å². The number of aryl methyl sites for hydroxylation is 2. The van der Waals surface area contributed by atoms with Crippen LogP contribution in [0.15, 0.2) is 6.33 Å². The molecule has 1 aliphatic carbocycles. The second-order valence-electron chi connectivity index (χ2n) is 6.33. The number of fused-ring (bicyclic) bond motifs is 3. The van der Waals surface area contributed by atoms with E-state index in [4.69, 9.17) is 9.47 Å². The second-order valence-corrected chi connectivity index (χ2v) is 7.41. The highest BCUT2D eigenvalue weighted by atomic mass is 32.1. The van der Waals surface area contributed by atoms with Crippen LogP contribution in [-0.4, -0.2) is 42.1 Å². The Bertz CT molecular complexity index is 713. The number of nitrogens with zero attached hydrogens (tertiary/aromatic N) is 3. The maximum Gasteiger partial charge on any atom is 0.171 e. The van der Waals surface area contributed by atoms with Crippen LogP contribution in [-0.2, 0) is 22.3 Å². The van der Waals surface area contributed by atoms with E-state index in [0.717, 1.165) is 49.8 Å². The molecule has 5 nitrogen and oxygen atoms in total. The van der Waals surface area contributed by atoms with E-state index in [9.17, 15) is 0 Å². The molecule has 1 spiro atoms. The van der Waals surface area contributed by atoms with Gasteiger partial charge in [-0.25, -0.2) is 9.97 Å². The summed E-state index contributed by atoms with van der Waals surface area (Å²) in [6.45, 7) is 3.35. The molecule has 2 saturated heterocycles. The fourth-order valence-corrected chi connectivity index (χ4v) is 5.22. The van der Waals surface area contributed by atoms with Crippen molar-refractivity contribution >= 4 is 27.4 Å². The van der Waals surface area contributed by atoms with E-state index >= 15 is 0 Å². The quantitative estimate of drug-likeness (QED) is 0.809. The van der Waals surface area contributed by atoms with Crippen LogP contribution in [0.4, 0.5) is 5.82 Å². The minimum absolute atomic E-state index is 0.320. The number of aromatic nitrogens is 2. The number of piperidine rings is 1. The van der Waals surface area contributed by atoms with Crippen LogP contribution >= 0.6 is 11.3 Å². The van der Waals surface area contributed by atoms with Gasteiger partial charge in [0.25, 0.3) is 0 Å². The van der Waals surface area contributed by atoms with Gasteiger partial charge >= 0.3 is 0 Å². The molecule has 0 saturated carbocycles. The number of anilines is 1. The molecule has 0 unspecified atom stereocenters. The van der Waals surface area contributed by atoms with Crippen molar-refractivity contribution in [3.63, 3.8) is 0 Å². The summed E-state index contributed by atoms with van der Waals surface area (Å²) in [5.41, 5.74) is 1.50. The first-order valence-electron chi connectivity index (χ1n) is 8.13. The molecule has 2 aromatic rings. The van der Waals surface area contributed by atoms with Crippen LogP contribution in [0, 0.1) is 0 Å². The van der Waals surface area contributed by atoms with E-state index in [1.54, 1.807) is 6.33 Å².